The van der Waals surface area contributed by atoms with E-state index >= 15 is 0 Å². The molecule has 11 heteroatoms. The van der Waals surface area contributed by atoms with E-state index in [-0.39, 0.29) is 50.8 Å². The van der Waals surface area contributed by atoms with Crippen LogP contribution in [-0.4, -0.2) is 47.5 Å². The zero-order valence-corrected chi connectivity index (χ0v) is 17.7. The van der Waals surface area contributed by atoms with Crippen LogP contribution >= 0.6 is 0 Å². The number of ether oxygens (including phenoxy) is 1. The number of hydrogen-bond acceptors (Lipinski definition) is 5. The number of rotatable bonds is 5. The van der Waals surface area contributed by atoms with Crippen molar-refractivity contribution in [2.75, 3.05) is 6.61 Å². The Labute approximate surface area is 187 Å². The molecule has 1 saturated heterocycles. The Morgan fingerprint density at radius 3 is 2.70 bits per heavy atom. The van der Waals surface area contributed by atoms with E-state index in [1.54, 1.807) is 18.2 Å². The molecule has 0 spiro atoms. The SMILES string of the molecule is O=C1CCC(N2Cc3ccc(CNC(=O)OCC4CCC[C@H]4C(F)(F)F)cc3C2=O)C(=O)N1. The Morgan fingerprint density at radius 1 is 1.18 bits per heavy atom. The van der Waals surface area contributed by atoms with Crippen molar-refractivity contribution in [3.63, 3.8) is 0 Å². The Hall–Kier alpha value is -3.11. The van der Waals surface area contributed by atoms with Gasteiger partial charge in [-0.25, -0.2) is 4.79 Å². The number of hydrogen-bond donors (Lipinski definition) is 2. The van der Waals surface area contributed by atoms with Crippen LogP contribution in [0.1, 0.15) is 53.6 Å². The van der Waals surface area contributed by atoms with E-state index in [0.29, 0.717) is 24.0 Å². The average molecular weight is 467 g/mol. The van der Waals surface area contributed by atoms with Crippen molar-refractivity contribution >= 4 is 23.8 Å². The molecule has 2 heterocycles. The molecule has 4 amide bonds. The summed E-state index contributed by atoms with van der Waals surface area (Å²) in [5.74, 6) is -3.36. The molecule has 2 fully saturated rings. The predicted molar refractivity (Wildman–Crippen MR) is 108 cm³/mol. The van der Waals surface area contributed by atoms with Gasteiger partial charge in [-0.15, -0.1) is 0 Å². The third-order valence-electron chi connectivity index (χ3n) is 6.54. The number of halogens is 3. The summed E-state index contributed by atoms with van der Waals surface area (Å²) < 4.78 is 44.0. The first-order chi connectivity index (χ1) is 15.6. The summed E-state index contributed by atoms with van der Waals surface area (Å²) >= 11 is 0. The summed E-state index contributed by atoms with van der Waals surface area (Å²) in [4.78, 5) is 49.7. The van der Waals surface area contributed by atoms with Crippen molar-refractivity contribution in [2.24, 2.45) is 11.8 Å². The van der Waals surface area contributed by atoms with Gasteiger partial charge in [-0.3, -0.25) is 19.7 Å². The number of fused-ring (bicyclic) bond motifs is 1. The van der Waals surface area contributed by atoms with Gasteiger partial charge in [0, 0.05) is 31.0 Å². The van der Waals surface area contributed by atoms with Crippen molar-refractivity contribution in [1.82, 2.24) is 15.5 Å². The molecule has 3 aliphatic rings. The fourth-order valence-electron chi connectivity index (χ4n) is 4.79. The van der Waals surface area contributed by atoms with E-state index in [1.165, 1.54) is 4.90 Å². The smallest absolute Gasteiger partial charge is 0.407 e. The van der Waals surface area contributed by atoms with Gasteiger partial charge in [0.05, 0.1) is 12.5 Å². The first-order valence-corrected chi connectivity index (χ1v) is 10.9. The van der Waals surface area contributed by atoms with Gasteiger partial charge in [0.2, 0.25) is 11.8 Å². The topological polar surface area (TPSA) is 105 Å². The molecule has 2 aliphatic heterocycles. The maximum Gasteiger partial charge on any atom is 0.407 e. The third-order valence-corrected chi connectivity index (χ3v) is 6.54. The molecule has 1 aromatic rings. The second-order valence-corrected chi connectivity index (χ2v) is 8.68. The van der Waals surface area contributed by atoms with E-state index < -0.39 is 36.1 Å². The summed E-state index contributed by atoms with van der Waals surface area (Å²) in [6, 6.07) is 4.35. The molecule has 0 bridgehead atoms. The zero-order valence-electron chi connectivity index (χ0n) is 17.7. The molecule has 1 aliphatic carbocycles. The highest BCUT2D eigenvalue weighted by Crippen LogP contribution is 2.43. The number of carbonyl (C=O) groups is 4. The van der Waals surface area contributed by atoms with Gasteiger partial charge < -0.3 is 15.0 Å². The van der Waals surface area contributed by atoms with Crippen LogP contribution in [0.25, 0.3) is 0 Å². The number of amides is 4. The molecule has 8 nitrogen and oxygen atoms in total. The largest absolute Gasteiger partial charge is 0.449 e. The Kier molecular flexibility index (Phi) is 6.31. The minimum atomic E-state index is -4.29. The van der Waals surface area contributed by atoms with Gasteiger partial charge in [-0.05, 0) is 36.5 Å². The van der Waals surface area contributed by atoms with E-state index in [2.05, 4.69) is 10.6 Å². The van der Waals surface area contributed by atoms with E-state index in [9.17, 15) is 32.3 Å². The summed E-state index contributed by atoms with van der Waals surface area (Å²) in [5.41, 5.74) is 1.75. The lowest BCUT2D eigenvalue weighted by Gasteiger charge is -2.29. The third kappa shape index (κ3) is 4.96. The molecular weight excluding hydrogens is 443 g/mol. The number of alkyl carbamates (subject to hydrolysis) is 1. The molecule has 2 unspecified atom stereocenters. The highest BCUT2D eigenvalue weighted by atomic mass is 19.4. The normalized spacial score (nSPS) is 25.1. The molecule has 0 aromatic heterocycles. The van der Waals surface area contributed by atoms with E-state index in [1.807, 2.05) is 0 Å². The number of nitrogens with one attached hydrogen (secondary N) is 2. The number of benzene rings is 1. The van der Waals surface area contributed by atoms with Crippen LogP contribution in [0.3, 0.4) is 0 Å². The molecular formula is C22H24F3N3O5. The molecule has 178 valence electrons. The highest BCUT2D eigenvalue weighted by Gasteiger charge is 2.47. The molecule has 3 atom stereocenters. The lowest BCUT2D eigenvalue weighted by Crippen LogP contribution is -2.52. The van der Waals surface area contributed by atoms with Crippen LogP contribution in [0.2, 0.25) is 0 Å². The number of nitrogens with zero attached hydrogens (tertiary/aromatic N) is 1. The maximum atomic E-state index is 13.0. The minimum absolute atomic E-state index is 0.0329. The van der Waals surface area contributed by atoms with Crippen LogP contribution < -0.4 is 10.6 Å². The lowest BCUT2D eigenvalue weighted by molar-refractivity contribution is -0.186. The summed E-state index contributed by atoms with van der Waals surface area (Å²) in [6.07, 6.45) is -3.80. The predicted octanol–water partition coefficient (Wildman–Crippen LogP) is 2.65. The molecule has 1 saturated carbocycles. The molecule has 1 aromatic carbocycles. The van der Waals surface area contributed by atoms with Crippen molar-refractivity contribution < 1.29 is 37.1 Å². The fraction of sp³-hybridized carbons (Fsp3) is 0.545. The van der Waals surface area contributed by atoms with Gasteiger partial charge >= 0.3 is 12.3 Å². The van der Waals surface area contributed by atoms with Crippen LogP contribution in [0.15, 0.2) is 18.2 Å². The quantitative estimate of drug-likeness (QED) is 0.648. The molecule has 0 radical (unpaired) electrons. The van der Waals surface area contributed by atoms with Crippen LogP contribution in [0, 0.1) is 11.8 Å². The number of piperidine rings is 1. The summed E-state index contributed by atoms with van der Waals surface area (Å²) in [5, 5.41) is 4.75. The van der Waals surface area contributed by atoms with Gasteiger partial charge in [0.25, 0.3) is 5.91 Å². The van der Waals surface area contributed by atoms with Crippen LogP contribution in [0.5, 0.6) is 0 Å². The van der Waals surface area contributed by atoms with Crippen LogP contribution in [-0.2, 0) is 27.4 Å². The Balaban J connectivity index is 1.30. The van der Waals surface area contributed by atoms with Crippen molar-refractivity contribution in [3.8, 4) is 0 Å². The monoisotopic (exact) mass is 467 g/mol. The fourth-order valence-corrected chi connectivity index (χ4v) is 4.79. The second kappa shape index (κ2) is 9.03. The molecule has 2 N–H and O–H groups in total. The number of imide groups is 1. The first kappa shape index (κ1) is 23.1. The van der Waals surface area contributed by atoms with Crippen molar-refractivity contribution in [1.29, 1.82) is 0 Å². The average Bonchev–Trinajstić information content (AvgIpc) is 3.36. The van der Waals surface area contributed by atoms with Gasteiger partial charge in [0.15, 0.2) is 0 Å². The van der Waals surface area contributed by atoms with Crippen molar-refractivity contribution in [2.45, 2.75) is 57.4 Å². The van der Waals surface area contributed by atoms with Gasteiger partial charge in [-0.2, -0.15) is 13.2 Å². The van der Waals surface area contributed by atoms with Crippen molar-refractivity contribution in [3.05, 3.63) is 34.9 Å². The second-order valence-electron chi connectivity index (χ2n) is 8.68. The summed E-state index contributed by atoms with van der Waals surface area (Å²) in [7, 11) is 0. The number of carbonyl (C=O) groups excluding carboxylic acids is 4. The van der Waals surface area contributed by atoms with Gasteiger partial charge in [-0.1, -0.05) is 18.6 Å². The molecule has 33 heavy (non-hydrogen) atoms. The summed E-state index contributed by atoms with van der Waals surface area (Å²) in [6.45, 7) is -0.0112. The maximum absolute atomic E-state index is 13.0. The Morgan fingerprint density at radius 2 is 1.97 bits per heavy atom. The minimum Gasteiger partial charge on any atom is -0.449 e. The Bertz CT molecular complexity index is 981. The zero-order chi connectivity index (χ0) is 23.8. The number of alkyl halides is 3. The van der Waals surface area contributed by atoms with Gasteiger partial charge in [0.1, 0.15) is 6.04 Å². The van der Waals surface area contributed by atoms with E-state index in [0.717, 1.165) is 5.56 Å². The first-order valence-electron chi connectivity index (χ1n) is 10.9. The van der Waals surface area contributed by atoms with Crippen LogP contribution in [0.4, 0.5) is 18.0 Å². The lowest BCUT2D eigenvalue weighted by atomic mass is 9.96. The highest BCUT2D eigenvalue weighted by molar-refractivity contribution is 6.05. The van der Waals surface area contributed by atoms with E-state index in [4.69, 9.17) is 4.74 Å². The molecule has 4 rings (SSSR count). The standard InChI is InChI=1S/C22H24F3N3O5/c23-22(24,25)16-3-1-2-14(16)11-33-21(32)26-9-12-4-5-13-10-28(20(31)15(13)8-12)17-6-7-18(29)27-19(17)30/h4-5,8,14,16-17H,1-3,6-7,9-11H2,(H,26,32)(H,27,29,30)/t14?,16-,17?/m1/s1.